The highest BCUT2D eigenvalue weighted by Gasteiger charge is 2.17. The van der Waals surface area contributed by atoms with Crippen LogP contribution in [0.15, 0.2) is 91.0 Å². The van der Waals surface area contributed by atoms with Crippen molar-refractivity contribution in [2.75, 3.05) is 0 Å². The summed E-state index contributed by atoms with van der Waals surface area (Å²) in [5, 5.41) is 3.98. The van der Waals surface area contributed by atoms with Crippen molar-refractivity contribution in [2.24, 2.45) is 0 Å². The van der Waals surface area contributed by atoms with Crippen LogP contribution in [0.5, 0.6) is 0 Å². The van der Waals surface area contributed by atoms with Crippen molar-refractivity contribution in [3.63, 3.8) is 0 Å². The lowest BCUT2D eigenvalue weighted by Gasteiger charge is -2.07. The Bertz CT molecular complexity index is 1550. The molecule has 0 saturated heterocycles. The van der Waals surface area contributed by atoms with Crippen LogP contribution < -0.4 is 0 Å². The number of carbonyl (C=O) groups is 2. The molecule has 156 valence electrons. The Labute approximate surface area is 186 Å². The van der Waals surface area contributed by atoms with Gasteiger partial charge in [-0.15, -0.1) is 0 Å². The summed E-state index contributed by atoms with van der Waals surface area (Å²) in [6.07, 6.45) is 3.33. The number of nitrogens with zero attached hydrogens (tertiary/aromatic N) is 1. The number of hydrogen-bond donors (Lipinski definition) is 0. The van der Waals surface area contributed by atoms with Crippen LogP contribution in [0.1, 0.15) is 40.1 Å². The molecule has 32 heavy (non-hydrogen) atoms. The number of carbonyl (C=O) groups excluding carboxylic acids is 2. The van der Waals surface area contributed by atoms with Crippen LogP contribution in [0, 0.1) is 0 Å². The molecule has 0 aliphatic heterocycles. The lowest BCUT2D eigenvalue weighted by atomic mass is 9.96. The van der Waals surface area contributed by atoms with Gasteiger partial charge in [-0.2, -0.15) is 0 Å². The highest BCUT2D eigenvalue weighted by Crippen LogP contribution is 2.32. The summed E-state index contributed by atoms with van der Waals surface area (Å²) in [5.41, 5.74) is 4.12. The fourth-order valence-corrected chi connectivity index (χ4v) is 4.57. The quantitative estimate of drug-likeness (QED) is 0.229. The second-order valence-corrected chi connectivity index (χ2v) is 7.93. The fraction of sp³-hybridized carbons (Fsp3) is 0.103. The molecule has 3 heteroatoms. The monoisotopic (exact) mass is 417 g/mol. The van der Waals surface area contributed by atoms with Gasteiger partial charge < -0.3 is 4.57 Å². The van der Waals surface area contributed by atoms with Crippen LogP contribution >= 0.6 is 0 Å². The van der Waals surface area contributed by atoms with Crippen molar-refractivity contribution in [3.8, 4) is 0 Å². The van der Waals surface area contributed by atoms with Gasteiger partial charge in [-0.25, -0.2) is 0 Å². The van der Waals surface area contributed by atoms with E-state index in [-0.39, 0.29) is 11.6 Å². The van der Waals surface area contributed by atoms with Crippen LogP contribution in [0.2, 0.25) is 0 Å². The summed E-state index contributed by atoms with van der Waals surface area (Å²) >= 11 is 0. The third-order valence-corrected chi connectivity index (χ3v) is 6.08. The van der Waals surface area contributed by atoms with E-state index < -0.39 is 0 Å². The number of fused-ring (bicyclic) bond motifs is 4. The molecule has 5 aromatic rings. The normalized spacial score (nSPS) is 11.7. The average molecular weight is 418 g/mol. The third-order valence-electron chi connectivity index (χ3n) is 6.08. The molecule has 1 aromatic heterocycles. The second-order valence-electron chi connectivity index (χ2n) is 7.93. The number of aromatic nitrogens is 1. The van der Waals surface area contributed by atoms with E-state index in [0.29, 0.717) is 16.7 Å². The molecular formula is C29H23NO2. The molecule has 0 N–H and O–H groups in total. The van der Waals surface area contributed by atoms with E-state index in [1.807, 2.05) is 85.8 Å². The zero-order chi connectivity index (χ0) is 22.2. The maximum absolute atomic E-state index is 13.5. The Kier molecular flexibility index (Phi) is 4.95. The zero-order valence-electron chi connectivity index (χ0n) is 18.1. The Balaban J connectivity index is 1.71. The largest absolute Gasteiger partial charge is 0.341 e. The third kappa shape index (κ3) is 3.14. The number of aryl methyl sites for hydroxylation is 1. The summed E-state index contributed by atoms with van der Waals surface area (Å²) in [4.78, 5) is 25.9. The number of benzene rings is 4. The Morgan fingerprint density at radius 3 is 2.16 bits per heavy atom. The maximum Gasteiger partial charge on any atom is 0.193 e. The van der Waals surface area contributed by atoms with Crippen LogP contribution in [-0.2, 0) is 6.54 Å². The summed E-state index contributed by atoms with van der Waals surface area (Å²) in [6.45, 7) is 4.75. The Morgan fingerprint density at radius 2 is 1.44 bits per heavy atom. The summed E-state index contributed by atoms with van der Waals surface area (Å²) in [7, 11) is 0. The molecule has 0 bridgehead atoms. The van der Waals surface area contributed by atoms with Crippen molar-refractivity contribution in [1.82, 2.24) is 4.57 Å². The maximum atomic E-state index is 13.5. The van der Waals surface area contributed by atoms with E-state index in [2.05, 4.69) is 11.5 Å². The summed E-state index contributed by atoms with van der Waals surface area (Å²) in [5.74, 6) is -0.0166. The van der Waals surface area contributed by atoms with Crippen molar-refractivity contribution in [2.45, 2.75) is 20.4 Å². The van der Waals surface area contributed by atoms with Crippen molar-refractivity contribution in [1.29, 1.82) is 0 Å². The highest BCUT2D eigenvalue weighted by molar-refractivity contribution is 6.19. The van der Waals surface area contributed by atoms with E-state index >= 15 is 0 Å². The van der Waals surface area contributed by atoms with Crippen molar-refractivity contribution in [3.05, 3.63) is 108 Å². The van der Waals surface area contributed by atoms with Crippen molar-refractivity contribution < 1.29 is 9.59 Å². The second kappa shape index (κ2) is 7.93. The van der Waals surface area contributed by atoms with Crippen LogP contribution in [0.25, 0.3) is 32.6 Å². The molecule has 0 atom stereocenters. The SMILES string of the molecule is C/C=C/C(=O)c1ccc2c(c1)c1cc(C(=O)c3cccc4ccccc34)ccc1n2CC. The summed E-state index contributed by atoms with van der Waals surface area (Å²) < 4.78 is 2.22. The number of ketones is 2. The van der Waals surface area contributed by atoms with Gasteiger partial charge in [0, 0.05) is 45.0 Å². The Morgan fingerprint density at radius 1 is 0.781 bits per heavy atom. The predicted octanol–water partition coefficient (Wildman–Crippen LogP) is 6.96. The molecule has 0 amide bonds. The van der Waals surface area contributed by atoms with Gasteiger partial charge in [0.05, 0.1) is 0 Å². The highest BCUT2D eigenvalue weighted by atomic mass is 16.1. The van der Waals surface area contributed by atoms with Gasteiger partial charge in [-0.3, -0.25) is 9.59 Å². The van der Waals surface area contributed by atoms with E-state index in [0.717, 1.165) is 39.1 Å². The molecule has 0 saturated carbocycles. The van der Waals surface area contributed by atoms with Gasteiger partial charge in [-0.1, -0.05) is 48.5 Å². The Hall–Kier alpha value is -3.98. The van der Waals surface area contributed by atoms with Gasteiger partial charge in [0.1, 0.15) is 0 Å². The molecule has 3 nitrogen and oxygen atoms in total. The first-order chi connectivity index (χ1) is 15.6. The minimum atomic E-state index is -0.0187. The minimum absolute atomic E-state index is 0.00208. The number of hydrogen-bond acceptors (Lipinski definition) is 2. The van der Waals surface area contributed by atoms with Gasteiger partial charge in [0.15, 0.2) is 11.6 Å². The van der Waals surface area contributed by atoms with Crippen LogP contribution in [0.4, 0.5) is 0 Å². The predicted molar refractivity (Wildman–Crippen MR) is 132 cm³/mol. The zero-order valence-corrected chi connectivity index (χ0v) is 18.1. The smallest absolute Gasteiger partial charge is 0.193 e. The van der Waals surface area contributed by atoms with Crippen molar-refractivity contribution >= 4 is 44.1 Å². The molecule has 0 spiro atoms. The van der Waals surface area contributed by atoms with Crippen LogP contribution in [0.3, 0.4) is 0 Å². The molecule has 0 aliphatic carbocycles. The van der Waals surface area contributed by atoms with Crippen LogP contribution in [-0.4, -0.2) is 16.1 Å². The minimum Gasteiger partial charge on any atom is -0.341 e. The first-order valence-electron chi connectivity index (χ1n) is 10.9. The standard InChI is InChI=1S/C29H23NO2/c1-3-8-28(31)20-13-15-26-24(17-20)25-18-21(14-16-27(25)30(26)4-2)29(32)23-12-7-10-19-9-5-6-11-22(19)23/h3,5-18H,4H2,1-2H3/b8-3+. The van der Waals surface area contributed by atoms with Gasteiger partial charge in [-0.05, 0) is 67.1 Å². The fourth-order valence-electron chi connectivity index (χ4n) is 4.57. The van der Waals surface area contributed by atoms with Gasteiger partial charge in [0.25, 0.3) is 0 Å². The first-order valence-corrected chi connectivity index (χ1v) is 10.9. The molecule has 0 aliphatic rings. The molecule has 0 unspecified atom stereocenters. The van der Waals surface area contributed by atoms with E-state index in [1.165, 1.54) is 0 Å². The van der Waals surface area contributed by atoms with E-state index in [1.54, 1.807) is 12.2 Å². The topological polar surface area (TPSA) is 39.1 Å². The lowest BCUT2D eigenvalue weighted by Crippen LogP contribution is -2.02. The molecule has 5 rings (SSSR count). The molecule has 0 fully saturated rings. The van der Waals surface area contributed by atoms with E-state index in [9.17, 15) is 9.59 Å². The summed E-state index contributed by atoms with van der Waals surface area (Å²) in [6, 6.07) is 25.5. The lowest BCUT2D eigenvalue weighted by molar-refractivity contribution is 0.103. The van der Waals surface area contributed by atoms with Gasteiger partial charge >= 0.3 is 0 Å². The number of allylic oxidation sites excluding steroid dienone is 2. The molecular weight excluding hydrogens is 394 g/mol. The van der Waals surface area contributed by atoms with Gasteiger partial charge in [0.2, 0.25) is 0 Å². The molecule has 0 radical (unpaired) electrons. The average Bonchev–Trinajstić information content (AvgIpc) is 3.15. The molecule has 4 aromatic carbocycles. The molecule has 1 heterocycles. The first kappa shape index (κ1) is 20.0. The van der Waals surface area contributed by atoms with E-state index in [4.69, 9.17) is 0 Å². The number of rotatable bonds is 5.